The van der Waals surface area contributed by atoms with Gasteiger partial charge in [0.2, 0.25) is 0 Å². The van der Waals surface area contributed by atoms with Crippen molar-refractivity contribution in [3.05, 3.63) is 36.3 Å². The molecule has 0 bridgehead atoms. The van der Waals surface area contributed by atoms with Crippen molar-refractivity contribution in [1.82, 2.24) is 30.3 Å². The number of urea groups is 1. The Morgan fingerprint density at radius 2 is 2.21 bits per heavy atom. The number of furan rings is 1. The fourth-order valence-corrected chi connectivity index (χ4v) is 3.13. The summed E-state index contributed by atoms with van der Waals surface area (Å²) in [7, 11) is 1.85. The van der Waals surface area contributed by atoms with E-state index in [9.17, 15) is 4.79 Å². The van der Waals surface area contributed by atoms with Crippen LogP contribution >= 0.6 is 0 Å². The first-order chi connectivity index (χ1) is 11.6. The second-order valence-corrected chi connectivity index (χ2v) is 6.15. The fourth-order valence-electron chi connectivity index (χ4n) is 3.13. The number of aromatic nitrogens is 3. The number of hydrogen-bond donors (Lipinski definition) is 2. The highest BCUT2D eigenvalue weighted by molar-refractivity contribution is 5.74. The van der Waals surface area contributed by atoms with Crippen LogP contribution in [-0.4, -0.2) is 45.3 Å². The maximum Gasteiger partial charge on any atom is 0.315 e. The Kier molecular flexibility index (Phi) is 5.14. The van der Waals surface area contributed by atoms with Crippen molar-refractivity contribution in [3.8, 4) is 0 Å². The summed E-state index contributed by atoms with van der Waals surface area (Å²) < 4.78 is 7.35. The third-order valence-corrected chi connectivity index (χ3v) is 4.39. The quantitative estimate of drug-likeness (QED) is 0.839. The molecule has 3 heterocycles. The Morgan fingerprint density at radius 3 is 2.83 bits per heavy atom. The van der Waals surface area contributed by atoms with Gasteiger partial charge in [-0.3, -0.25) is 4.90 Å². The normalized spacial score (nSPS) is 17.6. The molecule has 0 aliphatic carbocycles. The average molecular weight is 332 g/mol. The SMILES string of the molecule is C[C@H](NC(=O)NC[C@@H](c1ccco1)N1CCCC1)c1nncn1C. The first kappa shape index (κ1) is 16.5. The highest BCUT2D eigenvalue weighted by Crippen LogP contribution is 2.24. The first-order valence-electron chi connectivity index (χ1n) is 8.31. The molecule has 3 rings (SSSR count). The van der Waals surface area contributed by atoms with Crippen LogP contribution in [0.3, 0.4) is 0 Å². The summed E-state index contributed by atoms with van der Waals surface area (Å²) in [6.07, 6.45) is 5.67. The molecule has 0 aromatic carbocycles. The van der Waals surface area contributed by atoms with Gasteiger partial charge >= 0.3 is 6.03 Å². The van der Waals surface area contributed by atoms with E-state index in [0.29, 0.717) is 12.4 Å². The van der Waals surface area contributed by atoms with E-state index >= 15 is 0 Å². The molecule has 130 valence electrons. The maximum atomic E-state index is 12.2. The molecule has 24 heavy (non-hydrogen) atoms. The summed E-state index contributed by atoms with van der Waals surface area (Å²) in [6, 6.07) is 3.48. The highest BCUT2D eigenvalue weighted by Gasteiger charge is 2.26. The Hall–Kier alpha value is -2.35. The topological polar surface area (TPSA) is 88.2 Å². The van der Waals surface area contributed by atoms with Gasteiger partial charge in [-0.25, -0.2) is 4.79 Å². The summed E-state index contributed by atoms with van der Waals surface area (Å²) in [5.74, 6) is 1.60. The second kappa shape index (κ2) is 7.48. The van der Waals surface area contributed by atoms with Crippen LogP contribution in [-0.2, 0) is 7.05 Å². The molecule has 1 aliphatic rings. The van der Waals surface area contributed by atoms with E-state index in [2.05, 4.69) is 25.7 Å². The number of amides is 2. The van der Waals surface area contributed by atoms with E-state index in [1.165, 1.54) is 12.8 Å². The average Bonchev–Trinajstić information content (AvgIpc) is 3.29. The number of aryl methyl sites for hydroxylation is 1. The summed E-state index contributed by atoms with van der Waals surface area (Å²) in [5.41, 5.74) is 0. The molecule has 0 saturated carbocycles. The summed E-state index contributed by atoms with van der Waals surface area (Å²) in [6.45, 7) is 4.45. The van der Waals surface area contributed by atoms with Crippen LogP contribution in [0, 0.1) is 0 Å². The van der Waals surface area contributed by atoms with E-state index in [-0.39, 0.29) is 18.1 Å². The van der Waals surface area contributed by atoms with Gasteiger partial charge in [-0.2, -0.15) is 0 Å². The minimum atomic E-state index is -0.221. The molecule has 2 amide bonds. The minimum Gasteiger partial charge on any atom is -0.468 e. The smallest absolute Gasteiger partial charge is 0.315 e. The third-order valence-electron chi connectivity index (χ3n) is 4.39. The molecule has 0 unspecified atom stereocenters. The van der Waals surface area contributed by atoms with Crippen molar-refractivity contribution in [2.75, 3.05) is 19.6 Å². The van der Waals surface area contributed by atoms with Crippen LogP contribution in [0.4, 0.5) is 4.79 Å². The van der Waals surface area contributed by atoms with Gasteiger partial charge in [-0.1, -0.05) is 0 Å². The lowest BCUT2D eigenvalue weighted by atomic mass is 10.2. The molecular weight excluding hydrogens is 308 g/mol. The molecule has 8 nitrogen and oxygen atoms in total. The number of hydrogen-bond acceptors (Lipinski definition) is 5. The van der Waals surface area contributed by atoms with Gasteiger partial charge in [0.15, 0.2) is 5.82 Å². The molecule has 2 atom stereocenters. The zero-order valence-electron chi connectivity index (χ0n) is 14.1. The van der Waals surface area contributed by atoms with E-state index < -0.39 is 0 Å². The fraction of sp³-hybridized carbons (Fsp3) is 0.562. The summed E-state index contributed by atoms with van der Waals surface area (Å²) in [4.78, 5) is 14.6. The Bertz CT molecular complexity index is 647. The van der Waals surface area contributed by atoms with E-state index in [4.69, 9.17) is 4.42 Å². The van der Waals surface area contributed by atoms with Crippen molar-refractivity contribution in [2.45, 2.75) is 31.8 Å². The lowest BCUT2D eigenvalue weighted by Crippen LogP contribution is -2.42. The number of carbonyl (C=O) groups is 1. The molecular formula is C16H24N6O2. The van der Waals surface area contributed by atoms with Crippen molar-refractivity contribution in [2.24, 2.45) is 7.05 Å². The van der Waals surface area contributed by atoms with Crippen LogP contribution in [0.15, 0.2) is 29.1 Å². The molecule has 2 aromatic heterocycles. The molecule has 0 spiro atoms. The Labute approximate surface area is 141 Å². The number of carbonyl (C=O) groups excluding carboxylic acids is 1. The molecule has 0 radical (unpaired) electrons. The molecule has 2 N–H and O–H groups in total. The zero-order valence-corrected chi connectivity index (χ0v) is 14.1. The summed E-state index contributed by atoms with van der Waals surface area (Å²) in [5, 5.41) is 13.7. The first-order valence-corrected chi connectivity index (χ1v) is 8.31. The van der Waals surface area contributed by atoms with Crippen LogP contribution < -0.4 is 10.6 Å². The predicted molar refractivity (Wildman–Crippen MR) is 88.2 cm³/mol. The molecule has 2 aromatic rings. The third kappa shape index (κ3) is 3.76. The lowest BCUT2D eigenvalue weighted by Gasteiger charge is -2.26. The van der Waals surface area contributed by atoms with Crippen molar-refractivity contribution in [3.63, 3.8) is 0 Å². The second-order valence-electron chi connectivity index (χ2n) is 6.15. The lowest BCUT2D eigenvalue weighted by molar-refractivity contribution is 0.202. The van der Waals surface area contributed by atoms with E-state index in [1.54, 1.807) is 17.2 Å². The molecule has 1 fully saturated rings. The number of nitrogens with one attached hydrogen (secondary N) is 2. The van der Waals surface area contributed by atoms with Gasteiger partial charge in [-0.15, -0.1) is 10.2 Å². The zero-order chi connectivity index (χ0) is 16.9. The monoisotopic (exact) mass is 332 g/mol. The standard InChI is InChI=1S/C16H24N6O2/c1-12(15-20-18-11-21(15)2)19-16(23)17-10-13(14-6-5-9-24-14)22-7-3-4-8-22/h5-6,9,11-13H,3-4,7-8,10H2,1-2H3,(H2,17,19,23)/t12-,13-/m0/s1. The van der Waals surface area contributed by atoms with Crippen molar-refractivity contribution in [1.29, 1.82) is 0 Å². The van der Waals surface area contributed by atoms with Crippen LogP contribution in [0.25, 0.3) is 0 Å². The van der Waals surface area contributed by atoms with Gasteiger partial charge in [0.05, 0.1) is 18.3 Å². The molecule has 1 saturated heterocycles. The Morgan fingerprint density at radius 1 is 1.42 bits per heavy atom. The minimum absolute atomic E-state index is 0.0679. The van der Waals surface area contributed by atoms with Crippen molar-refractivity contribution < 1.29 is 9.21 Å². The molecule has 8 heteroatoms. The van der Waals surface area contributed by atoms with Crippen molar-refractivity contribution >= 4 is 6.03 Å². The van der Waals surface area contributed by atoms with Crippen LogP contribution in [0.1, 0.15) is 43.4 Å². The highest BCUT2D eigenvalue weighted by atomic mass is 16.3. The van der Waals surface area contributed by atoms with Gasteiger partial charge < -0.3 is 19.6 Å². The van der Waals surface area contributed by atoms with E-state index in [0.717, 1.165) is 18.8 Å². The number of likely N-dealkylation sites (tertiary alicyclic amines) is 1. The van der Waals surface area contributed by atoms with Crippen LogP contribution in [0.5, 0.6) is 0 Å². The maximum absolute atomic E-state index is 12.2. The van der Waals surface area contributed by atoms with Gasteiger partial charge in [0.25, 0.3) is 0 Å². The van der Waals surface area contributed by atoms with Gasteiger partial charge in [0.1, 0.15) is 12.1 Å². The largest absolute Gasteiger partial charge is 0.468 e. The molecule has 1 aliphatic heterocycles. The van der Waals surface area contributed by atoms with E-state index in [1.807, 2.05) is 26.1 Å². The Balaban J connectivity index is 1.56. The van der Waals surface area contributed by atoms with Gasteiger partial charge in [-0.05, 0) is 45.0 Å². The summed E-state index contributed by atoms with van der Waals surface area (Å²) >= 11 is 0. The predicted octanol–water partition coefficient (Wildman–Crippen LogP) is 1.61. The van der Waals surface area contributed by atoms with Gasteiger partial charge in [0, 0.05) is 13.6 Å². The number of nitrogens with zero attached hydrogens (tertiary/aromatic N) is 4. The number of rotatable bonds is 6. The van der Waals surface area contributed by atoms with Crippen LogP contribution in [0.2, 0.25) is 0 Å².